The Morgan fingerprint density at radius 3 is 2.47 bits per heavy atom. The fourth-order valence-electron chi connectivity index (χ4n) is 1.22. The number of ether oxygens (including phenoxy) is 1. The van der Waals surface area contributed by atoms with Crippen LogP contribution in [0.15, 0.2) is 30.3 Å². The van der Waals surface area contributed by atoms with E-state index in [0.29, 0.717) is 13.0 Å². The van der Waals surface area contributed by atoms with Crippen LogP contribution in [0.5, 0.6) is 0 Å². The molecule has 1 aromatic rings. The standard InChI is InChI=1S/C12H16F3NO/c1-10(12(13,14)15)17-9-5-8-16-11-6-3-2-4-7-11/h2-4,6-7,10,16H,5,8-9H2,1H3. The Labute approximate surface area is 98.8 Å². The average molecular weight is 247 g/mol. The van der Waals surface area contributed by atoms with E-state index in [-0.39, 0.29) is 6.61 Å². The summed E-state index contributed by atoms with van der Waals surface area (Å²) in [6.45, 7) is 1.71. The topological polar surface area (TPSA) is 21.3 Å². The van der Waals surface area contributed by atoms with Crippen molar-refractivity contribution in [3.8, 4) is 0 Å². The molecule has 1 unspecified atom stereocenters. The quantitative estimate of drug-likeness (QED) is 0.777. The van der Waals surface area contributed by atoms with Gasteiger partial charge in [-0.25, -0.2) is 0 Å². The van der Waals surface area contributed by atoms with Crippen LogP contribution in [0, 0.1) is 0 Å². The van der Waals surface area contributed by atoms with Gasteiger partial charge >= 0.3 is 6.18 Å². The summed E-state index contributed by atoms with van der Waals surface area (Å²) in [5.41, 5.74) is 0.955. The molecule has 0 radical (unpaired) electrons. The zero-order valence-corrected chi connectivity index (χ0v) is 9.63. The summed E-state index contributed by atoms with van der Waals surface area (Å²) in [5.74, 6) is 0. The van der Waals surface area contributed by atoms with Crippen LogP contribution in [-0.2, 0) is 4.74 Å². The van der Waals surface area contributed by atoms with Gasteiger partial charge in [0.15, 0.2) is 6.10 Å². The molecule has 0 aliphatic rings. The van der Waals surface area contributed by atoms with Gasteiger partial charge in [-0.1, -0.05) is 18.2 Å². The van der Waals surface area contributed by atoms with Crippen molar-refractivity contribution >= 4 is 5.69 Å². The van der Waals surface area contributed by atoms with Gasteiger partial charge < -0.3 is 10.1 Å². The van der Waals surface area contributed by atoms with Crippen LogP contribution in [0.3, 0.4) is 0 Å². The Bertz CT molecular complexity index is 313. The Morgan fingerprint density at radius 1 is 1.24 bits per heavy atom. The maximum atomic E-state index is 12.1. The Kier molecular flexibility index (Phi) is 5.28. The third kappa shape index (κ3) is 5.58. The second-order valence-corrected chi connectivity index (χ2v) is 3.70. The number of alkyl halides is 3. The van der Waals surface area contributed by atoms with E-state index in [4.69, 9.17) is 0 Å². The van der Waals surface area contributed by atoms with Crippen molar-refractivity contribution in [1.82, 2.24) is 0 Å². The molecule has 1 N–H and O–H groups in total. The second kappa shape index (κ2) is 6.49. The molecule has 5 heteroatoms. The van der Waals surface area contributed by atoms with E-state index in [0.717, 1.165) is 12.6 Å². The Morgan fingerprint density at radius 2 is 1.88 bits per heavy atom. The highest BCUT2D eigenvalue weighted by Gasteiger charge is 2.36. The number of rotatable bonds is 6. The molecule has 0 amide bonds. The average Bonchev–Trinajstić information content (AvgIpc) is 2.28. The summed E-state index contributed by atoms with van der Waals surface area (Å²) >= 11 is 0. The van der Waals surface area contributed by atoms with E-state index in [9.17, 15) is 13.2 Å². The normalized spacial score (nSPS) is 13.4. The van der Waals surface area contributed by atoms with Gasteiger partial charge in [-0.15, -0.1) is 0 Å². The lowest BCUT2D eigenvalue weighted by Gasteiger charge is -2.16. The first-order valence-corrected chi connectivity index (χ1v) is 5.47. The number of hydrogen-bond acceptors (Lipinski definition) is 2. The monoisotopic (exact) mass is 247 g/mol. The first-order chi connectivity index (χ1) is 8.00. The fourth-order valence-corrected chi connectivity index (χ4v) is 1.22. The smallest absolute Gasteiger partial charge is 0.385 e. The summed E-state index contributed by atoms with van der Waals surface area (Å²) in [4.78, 5) is 0. The van der Waals surface area contributed by atoms with Crippen molar-refractivity contribution in [3.63, 3.8) is 0 Å². The molecule has 1 aromatic carbocycles. The lowest BCUT2D eigenvalue weighted by Crippen LogP contribution is -2.29. The third-order valence-electron chi connectivity index (χ3n) is 2.25. The van der Waals surface area contributed by atoms with Gasteiger partial charge in [0.1, 0.15) is 0 Å². The van der Waals surface area contributed by atoms with E-state index in [1.807, 2.05) is 30.3 Å². The molecule has 1 rings (SSSR count). The van der Waals surface area contributed by atoms with Crippen molar-refractivity contribution in [2.75, 3.05) is 18.5 Å². The molecular formula is C12H16F3NO. The van der Waals surface area contributed by atoms with Crippen LogP contribution < -0.4 is 5.32 Å². The lowest BCUT2D eigenvalue weighted by molar-refractivity contribution is -0.214. The number of halogens is 3. The van der Waals surface area contributed by atoms with Crippen LogP contribution in [0.4, 0.5) is 18.9 Å². The van der Waals surface area contributed by atoms with Crippen molar-refractivity contribution < 1.29 is 17.9 Å². The summed E-state index contributed by atoms with van der Waals surface area (Å²) in [6, 6.07) is 9.49. The maximum absolute atomic E-state index is 12.1. The van der Waals surface area contributed by atoms with Crippen molar-refractivity contribution in [2.24, 2.45) is 0 Å². The van der Waals surface area contributed by atoms with Gasteiger partial charge in [0.25, 0.3) is 0 Å². The van der Waals surface area contributed by atoms with Gasteiger partial charge in [0.05, 0.1) is 0 Å². The number of hydrogen-bond donors (Lipinski definition) is 1. The summed E-state index contributed by atoms with van der Waals surface area (Å²) in [7, 11) is 0. The lowest BCUT2D eigenvalue weighted by atomic mass is 10.3. The predicted molar refractivity (Wildman–Crippen MR) is 61.0 cm³/mol. The minimum Gasteiger partial charge on any atom is -0.385 e. The van der Waals surface area contributed by atoms with Gasteiger partial charge in [-0.2, -0.15) is 13.2 Å². The van der Waals surface area contributed by atoms with Crippen molar-refractivity contribution in [2.45, 2.75) is 25.6 Å². The number of anilines is 1. The van der Waals surface area contributed by atoms with Crippen LogP contribution in [-0.4, -0.2) is 25.4 Å². The number of benzene rings is 1. The molecule has 0 fully saturated rings. The van der Waals surface area contributed by atoms with Gasteiger partial charge in [0.2, 0.25) is 0 Å². The van der Waals surface area contributed by atoms with Gasteiger partial charge in [-0.05, 0) is 25.5 Å². The predicted octanol–water partition coefficient (Wildman–Crippen LogP) is 3.46. The maximum Gasteiger partial charge on any atom is 0.414 e. The summed E-state index contributed by atoms with van der Waals surface area (Å²) in [6.07, 6.45) is -5.43. The molecule has 2 nitrogen and oxygen atoms in total. The molecule has 0 heterocycles. The zero-order valence-electron chi connectivity index (χ0n) is 9.63. The van der Waals surface area contributed by atoms with E-state index in [2.05, 4.69) is 10.1 Å². The fraction of sp³-hybridized carbons (Fsp3) is 0.500. The number of nitrogens with one attached hydrogen (secondary N) is 1. The zero-order chi connectivity index (χ0) is 12.7. The van der Waals surface area contributed by atoms with Crippen LogP contribution >= 0.6 is 0 Å². The largest absolute Gasteiger partial charge is 0.414 e. The summed E-state index contributed by atoms with van der Waals surface area (Å²) in [5, 5.41) is 3.10. The molecular weight excluding hydrogens is 231 g/mol. The van der Waals surface area contributed by atoms with E-state index < -0.39 is 12.3 Å². The highest BCUT2D eigenvalue weighted by molar-refractivity contribution is 5.42. The Hall–Kier alpha value is -1.23. The molecule has 17 heavy (non-hydrogen) atoms. The van der Waals surface area contributed by atoms with E-state index >= 15 is 0 Å². The minimum atomic E-state index is -4.27. The first kappa shape index (κ1) is 13.8. The van der Waals surface area contributed by atoms with Crippen LogP contribution in [0.1, 0.15) is 13.3 Å². The molecule has 1 atom stereocenters. The van der Waals surface area contributed by atoms with Crippen LogP contribution in [0.25, 0.3) is 0 Å². The SMILES string of the molecule is CC(OCCCNc1ccccc1)C(F)(F)F. The van der Waals surface area contributed by atoms with Gasteiger partial charge in [-0.3, -0.25) is 0 Å². The van der Waals surface area contributed by atoms with E-state index in [1.54, 1.807) is 0 Å². The summed E-state index contributed by atoms with van der Waals surface area (Å²) < 4.78 is 40.9. The third-order valence-corrected chi connectivity index (χ3v) is 2.25. The van der Waals surface area contributed by atoms with E-state index in [1.165, 1.54) is 0 Å². The van der Waals surface area contributed by atoms with Gasteiger partial charge in [0, 0.05) is 18.8 Å². The van der Waals surface area contributed by atoms with Crippen LogP contribution in [0.2, 0.25) is 0 Å². The highest BCUT2D eigenvalue weighted by atomic mass is 19.4. The minimum absolute atomic E-state index is 0.0977. The van der Waals surface area contributed by atoms with Crippen molar-refractivity contribution in [3.05, 3.63) is 30.3 Å². The van der Waals surface area contributed by atoms with Crippen molar-refractivity contribution in [1.29, 1.82) is 0 Å². The molecule has 96 valence electrons. The molecule has 0 saturated heterocycles. The molecule has 0 aliphatic heterocycles. The number of para-hydroxylation sites is 1. The molecule has 0 spiro atoms. The molecule has 0 aromatic heterocycles. The molecule has 0 bridgehead atoms. The highest BCUT2D eigenvalue weighted by Crippen LogP contribution is 2.22. The molecule has 0 saturated carbocycles. The first-order valence-electron chi connectivity index (χ1n) is 5.47. The second-order valence-electron chi connectivity index (χ2n) is 3.70. The molecule has 0 aliphatic carbocycles. The Balaban J connectivity index is 2.09.